The van der Waals surface area contributed by atoms with Gasteiger partial charge in [-0.3, -0.25) is 4.90 Å². The maximum Gasteiger partial charge on any atom is 0.0166 e. The Balaban J connectivity index is 1.82. The Morgan fingerprint density at radius 3 is 2.29 bits per heavy atom. The number of rotatable bonds is 3. The minimum absolute atomic E-state index is 1.11. The second kappa shape index (κ2) is 6.61. The number of hydrogen-bond donors (Lipinski definition) is 0. The molecule has 1 heteroatoms. The topological polar surface area (TPSA) is 3.24 Å². The summed E-state index contributed by atoms with van der Waals surface area (Å²) in [5, 5.41) is 0. The van der Waals surface area contributed by atoms with Crippen molar-refractivity contribution in [3.63, 3.8) is 0 Å². The van der Waals surface area contributed by atoms with Crippen molar-refractivity contribution in [2.75, 3.05) is 19.6 Å². The summed E-state index contributed by atoms with van der Waals surface area (Å²) < 4.78 is 0. The van der Waals surface area contributed by atoms with Crippen LogP contribution in [0.2, 0.25) is 0 Å². The van der Waals surface area contributed by atoms with Gasteiger partial charge in [-0.1, -0.05) is 54.8 Å². The van der Waals surface area contributed by atoms with E-state index < -0.39 is 0 Å². The van der Waals surface area contributed by atoms with Crippen molar-refractivity contribution in [3.8, 4) is 0 Å². The summed E-state index contributed by atoms with van der Waals surface area (Å²) in [6.45, 7) is 5.79. The minimum atomic E-state index is 1.11. The molecule has 0 aromatic heterocycles. The highest BCUT2D eigenvalue weighted by molar-refractivity contribution is 5.49. The summed E-state index contributed by atoms with van der Waals surface area (Å²) in [6, 6.07) is 8.72. The highest BCUT2D eigenvalue weighted by Gasteiger charge is 2.06. The Bertz CT molecular complexity index is 342. The maximum absolute atomic E-state index is 2.57. The average Bonchev–Trinajstić information content (AvgIpc) is 2.60. The molecule has 1 saturated heterocycles. The average molecular weight is 229 g/mol. The van der Waals surface area contributed by atoms with E-state index in [1.807, 2.05) is 0 Å². The van der Waals surface area contributed by atoms with Crippen molar-refractivity contribution in [2.45, 2.75) is 32.6 Å². The number of nitrogens with zero attached hydrogens (tertiary/aromatic N) is 1. The van der Waals surface area contributed by atoms with Gasteiger partial charge in [-0.15, -0.1) is 0 Å². The van der Waals surface area contributed by atoms with Crippen molar-refractivity contribution in [2.24, 2.45) is 0 Å². The van der Waals surface area contributed by atoms with Crippen LogP contribution >= 0.6 is 0 Å². The van der Waals surface area contributed by atoms with Crippen LogP contribution in [0.15, 0.2) is 30.3 Å². The van der Waals surface area contributed by atoms with Gasteiger partial charge in [0, 0.05) is 6.54 Å². The molecule has 0 amide bonds. The monoisotopic (exact) mass is 229 g/mol. The predicted octanol–water partition coefficient (Wildman–Crippen LogP) is 3.88. The Labute approximate surface area is 105 Å². The zero-order valence-electron chi connectivity index (χ0n) is 10.9. The van der Waals surface area contributed by atoms with Gasteiger partial charge in [0.1, 0.15) is 0 Å². The Hall–Kier alpha value is -1.08. The lowest BCUT2D eigenvalue weighted by atomic mass is 10.1. The van der Waals surface area contributed by atoms with E-state index in [9.17, 15) is 0 Å². The lowest BCUT2D eigenvalue weighted by Crippen LogP contribution is -2.24. The van der Waals surface area contributed by atoms with Crippen LogP contribution in [0.3, 0.4) is 0 Å². The van der Waals surface area contributed by atoms with Crippen LogP contribution < -0.4 is 0 Å². The zero-order chi connectivity index (χ0) is 11.9. The highest BCUT2D eigenvalue weighted by Crippen LogP contribution is 2.10. The molecular formula is C16H23N. The van der Waals surface area contributed by atoms with Crippen molar-refractivity contribution in [1.82, 2.24) is 4.90 Å². The summed E-state index contributed by atoms with van der Waals surface area (Å²) in [5.74, 6) is 0. The predicted molar refractivity (Wildman–Crippen MR) is 75.1 cm³/mol. The molecule has 2 rings (SSSR count). The molecule has 1 aromatic rings. The van der Waals surface area contributed by atoms with Crippen LogP contribution in [0, 0.1) is 6.92 Å². The van der Waals surface area contributed by atoms with Gasteiger partial charge in [-0.2, -0.15) is 0 Å². The lowest BCUT2D eigenvalue weighted by molar-refractivity contribution is 0.316. The van der Waals surface area contributed by atoms with E-state index in [0.717, 1.165) is 6.54 Å². The van der Waals surface area contributed by atoms with Gasteiger partial charge >= 0.3 is 0 Å². The van der Waals surface area contributed by atoms with Gasteiger partial charge in [-0.25, -0.2) is 0 Å². The largest absolute Gasteiger partial charge is 0.300 e. The third-order valence-corrected chi connectivity index (χ3v) is 3.45. The molecule has 0 saturated carbocycles. The fraction of sp³-hybridized carbons (Fsp3) is 0.500. The molecule has 0 aliphatic carbocycles. The van der Waals surface area contributed by atoms with Gasteiger partial charge in [0.25, 0.3) is 0 Å². The fourth-order valence-corrected chi connectivity index (χ4v) is 2.33. The summed E-state index contributed by atoms with van der Waals surface area (Å²) in [5.41, 5.74) is 2.64. The molecule has 0 N–H and O–H groups in total. The maximum atomic E-state index is 2.57. The molecule has 1 heterocycles. The SMILES string of the molecule is Cc1ccc(/C=C/CN2CCCCCC2)cc1. The summed E-state index contributed by atoms with van der Waals surface area (Å²) in [7, 11) is 0. The molecular weight excluding hydrogens is 206 g/mol. The fourth-order valence-electron chi connectivity index (χ4n) is 2.33. The molecule has 0 atom stereocenters. The standard InChI is InChI=1S/C16H23N/c1-15-8-10-16(11-9-15)7-6-14-17-12-4-2-3-5-13-17/h6-11H,2-5,12-14H2,1H3/b7-6+. The Morgan fingerprint density at radius 1 is 1.00 bits per heavy atom. The molecule has 1 aliphatic heterocycles. The van der Waals surface area contributed by atoms with E-state index in [0.29, 0.717) is 0 Å². The second-order valence-electron chi connectivity index (χ2n) is 5.03. The third kappa shape index (κ3) is 4.35. The highest BCUT2D eigenvalue weighted by atomic mass is 15.1. The second-order valence-corrected chi connectivity index (χ2v) is 5.03. The van der Waals surface area contributed by atoms with Gasteiger partial charge in [0.2, 0.25) is 0 Å². The van der Waals surface area contributed by atoms with E-state index in [2.05, 4.69) is 48.2 Å². The van der Waals surface area contributed by atoms with Crippen molar-refractivity contribution >= 4 is 6.08 Å². The first-order chi connectivity index (χ1) is 8.34. The van der Waals surface area contributed by atoms with Crippen LogP contribution in [0.5, 0.6) is 0 Å². The van der Waals surface area contributed by atoms with Crippen molar-refractivity contribution in [1.29, 1.82) is 0 Å². The molecule has 1 nitrogen and oxygen atoms in total. The van der Waals surface area contributed by atoms with E-state index in [1.165, 1.54) is 49.9 Å². The van der Waals surface area contributed by atoms with E-state index in [4.69, 9.17) is 0 Å². The minimum Gasteiger partial charge on any atom is -0.300 e. The van der Waals surface area contributed by atoms with Gasteiger partial charge in [-0.05, 0) is 38.4 Å². The summed E-state index contributed by atoms with van der Waals surface area (Å²) in [4.78, 5) is 2.57. The zero-order valence-corrected chi connectivity index (χ0v) is 10.9. The number of hydrogen-bond acceptors (Lipinski definition) is 1. The summed E-state index contributed by atoms with van der Waals surface area (Å²) >= 11 is 0. The molecule has 1 fully saturated rings. The van der Waals surface area contributed by atoms with Crippen LogP contribution in [0.25, 0.3) is 6.08 Å². The Kier molecular flexibility index (Phi) is 4.81. The van der Waals surface area contributed by atoms with Gasteiger partial charge < -0.3 is 0 Å². The molecule has 0 radical (unpaired) electrons. The third-order valence-electron chi connectivity index (χ3n) is 3.45. The molecule has 1 aliphatic rings. The lowest BCUT2D eigenvalue weighted by Gasteiger charge is -2.16. The van der Waals surface area contributed by atoms with Gasteiger partial charge in [0.05, 0.1) is 0 Å². The molecule has 0 bridgehead atoms. The van der Waals surface area contributed by atoms with E-state index in [1.54, 1.807) is 0 Å². The molecule has 0 spiro atoms. The van der Waals surface area contributed by atoms with E-state index in [-0.39, 0.29) is 0 Å². The molecule has 0 unspecified atom stereocenters. The quantitative estimate of drug-likeness (QED) is 0.760. The van der Waals surface area contributed by atoms with Crippen LogP contribution in [0.4, 0.5) is 0 Å². The first kappa shape index (κ1) is 12.4. The normalized spacial score (nSPS) is 18.4. The molecule has 1 aromatic carbocycles. The summed E-state index contributed by atoms with van der Waals surface area (Å²) in [6.07, 6.45) is 10.1. The van der Waals surface area contributed by atoms with Crippen LogP contribution in [-0.2, 0) is 0 Å². The molecule has 92 valence electrons. The number of benzene rings is 1. The van der Waals surface area contributed by atoms with Crippen molar-refractivity contribution < 1.29 is 0 Å². The Morgan fingerprint density at radius 2 is 1.65 bits per heavy atom. The van der Waals surface area contributed by atoms with Gasteiger partial charge in [0.15, 0.2) is 0 Å². The number of likely N-dealkylation sites (tertiary alicyclic amines) is 1. The first-order valence-electron chi connectivity index (χ1n) is 6.80. The first-order valence-corrected chi connectivity index (χ1v) is 6.80. The van der Waals surface area contributed by atoms with Crippen molar-refractivity contribution in [3.05, 3.63) is 41.5 Å². The van der Waals surface area contributed by atoms with Crippen LogP contribution in [-0.4, -0.2) is 24.5 Å². The smallest absolute Gasteiger partial charge is 0.0166 e. The van der Waals surface area contributed by atoms with E-state index >= 15 is 0 Å². The molecule has 17 heavy (non-hydrogen) atoms. The van der Waals surface area contributed by atoms with Crippen LogP contribution in [0.1, 0.15) is 36.8 Å². The number of aryl methyl sites for hydroxylation is 1.